The van der Waals surface area contributed by atoms with Crippen LogP contribution in [0.2, 0.25) is 0 Å². The van der Waals surface area contributed by atoms with Gasteiger partial charge in [0.15, 0.2) is 0 Å². The van der Waals surface area contributed by atoms with Gasteiger partial charge in [0.2, 0.25) is 0 Å². The Labute approximate surface area is 106 Å². The Morgan fingerprint density at radius 1 is 1.32 bits per heavy atom. The lowest BCUT2D eigenvalue weighted by molar-refractivity contribution is -0.137. The number of carbonyl (C=O) groups is 1. The lowest BCUT2D eigenvalue weighted by Crippen LogP contribution is -2.18. The molecular weight excluding hydrogens is 268 g/mol. The number of ether oxygens (including phenoxy) is 1. The van der Waals surface area contributed by atoms with E-state index < -0.39 is 41.9 Å². The Morgan fingerprint density at radius 2 is 1.84 bits per heavy atom. The molecule has 1 N–H and O–H groups in total. The number of hydrogen-bond acceptors (Lipinski definition) is 2. The normalized spacial score (nSPS) is 11.4. The Balaban J connectivity index is 2.97. The van der Waals surface area contributed by atoms with Crippen LogP contribution in [0.3, 0.4) is 0 Å². The Morgan fingerprint density at radius 3 is 2.26 bits per heavy atom. The third-order valence-corrected chi connectivity index (χ3v) is 2.50. The quantitative estimate of drug-likeness (QED) is 0.813. The average Bonchev–Trinajstić information content (AvgIpc) is 2.26. The summed E-state index contributed by atoms with van der Waals surface area (Å²) in [5.74, 6) is -8.06. The molecule has 3 nitrogen and oxygen atoms in total. The van der Waals surface area contributed by atoms with Crippen molar-refractivity contribution in [1.29, 1.82) is 0 Å². The lowest BCUT2D eigenvalue weighted by atomic mass is 10.0. The van der Waals surface area contributed by atoms with Crippen LogP contribution in [0.4, 0.5) is 17.6 Å². The molecule has 0 heterocycles. The van der Waals surface area contributed by atoms with Crippen LogP contribution in [0, 0.1) is 11.6 Å². The van der Waals surface area contributed by atoms with Crippen molar-refractivity contribution in [2.45, 2.75) is 25.2 Å². The highest BCUT2D eigenvalue weighted by atomic mass is 19.3. The van der Waals surface area contributed by atoms with E-state index >= 15 is 0 Å². The van der Waals surface area contributed by atoms with Crippen LogP contribution in [-0.2, 0) is 10.7 Å². The van der Waals surface area contributed by atoms with Gasteiger partial charge in [-0.25, -0.2) is 17.6 Å². The van der Waals surface area contributed by atoms with E-state index in [0.29, 0.717) is 12.1 Å². The first-order valence-corrected chi connectivity index (χ1v) is 5.41. The van der Waals surface area contributed by atoms with Gasteiger partial charge < -0.3 is 9.84 Å². The van der Waals surface area contributed by atoms with Crippen molar-refractivity contribution in [2.75, 3.05) is 7.11 Å². The zero-order valence-electron chi connectivity index (χ0n) is 10.1. The number of aliphatic carboxylic acids is 1. The molecule has 1 rings (SSSR count). The molecule has 0 saturated carbocycles. The summed E-state index contributed by atoms with van der Waals surface area (Å²) in [5.41, 5.74) is -1.36. The molecule has 0 aliphatic heterocycles. The maximum absolute atomic E-state index is 13.7. The second-order valence-corrected chi connectivity index (χ2v) is 3.92. The fourth-order valence-corrected chi connectivity index (χ4v) is 1.60. The molecule has 0 radical (unpaired) electrons. The highest BCUT2D eigenvalue weighted by Crippen LogP contribution is 2.38. The van der Waals surface area contributed by atoms with Crippen molar-refractivity contribution in [1.82, 2.24) is 0 Å². The van der Waals surface area contributed by atoms with Crippen molar-refractivity contribution >= 4 is 5.97 Å². The number of alkyl halides is 2. The monoisotopic (exact) mass is 280 g/mol. The molecule has 1 aromatic rings. The van der Waals surface area contributed by atoms with E-state index in [0.717, 1.165) is 7.11 Å². The predicted octanol–water partition coefficient (Wildman–Crippen LogP) is 3.32. The molecule has 106 valence electrons. The molecule has 0 fully saturated rings. The predicted molar refractivity (Wildman–Crippen MR) is 58.3 cm³/mol. The molecule has 19 heavy (non-hydrogen) atoms. The van der Waals surface area contributed by atoms with E-state index in [2.05, 4.69) is 4.74 Å². The number of carboxylic acids is 1. The summed E-state index contributed by atoms with van der Waals surface area (Å²) in [6, 6.07) is 1.31. The standard InChI is InChI=1S/C12H12F4O3/c1-19-7-5-8(13)11(9(14)6-7)12(15,16)4-2-3-10(17)18/h5-6H,2-4H2,1H3,(H,17,18). The van der Waals surface area contributed by atoms with E-state index in [9.17, 15) is 22.4 Å². The van der Waals surface area contributed by atoms with Crippen LogP contribution in [-0.4, -0.2) is 18.2 Å². The maximum Gasteiger partial charge on any atom is 0.303 e. The van der Waals surface area contributed by atoms with Gasteiger partial charge in [0.1, 0.15) is 17.4 Å². The third-order valence-electron chi connectivity index (χ3n) is 2.50. The van der Waals surface area contributed by atoms with Gasteiger partial charge in [-0.1, -0.05) is 0 Å². The van der Waals surface area contributed by atoms with Crippen molar-refractivity contribution in [3.05, 3.63) is 29.3 Å². The van der Waals surface area contributed by atoms with E-state index in [4.69, 9.17) is 5.11 Å². The molecule has 0 aliphatic carbocycles. The minimum Gasteiger partial charge on any atom is -0.497 e. The zero-order valence-corrected chi connectivity index (χ0v) is 10.1. The Kier molecular flexibility index (Phi) is 4.74. The maximum atomic E-state index is 13.7. The minimum absolute atomic E-state index is 0.208. The average molecular weight is 280 g/mol. The van der Waals surface area contributed by atoms with E-state index in [-0.39, 0.29) is 12.2 Å². The minimum atomic E-state index is -3.77. The van der Waals surface area contributed by atoms with Crippen LogP contribution in [0.5, 0.6) is 5.75 Å². The largest absolute Gasteiger partial charge is 0.497 e. The number of benzene rings is 1. The number of hydrogen-bond donors (Lipinski definition) is 1. The molecule has 1 aromatic carbocycles. The summed E-state index contributed by atoms with van der Waals surface area (Å²) < 4.78 is 58.8. The van der Waals surface area contributed by atoms with Gasteiger partial charge in [0.05, 0.1) is 12.7 Å². The molecule has 0 aliphatic rings. The van der Waals surface area contributed by atoms with Gasteiger partial charge >= 0.3 is 5.97 Å². The molecule has 0 aromatic heterocycles. The number of methoxy groups -OCH3 is 1. The van der Waals surface area contributed by atoms with Crippen LogP contribution in [0.1, 0.15) is 24.8 Å². The van der Waals surface area contributed by atoms with Gasteiger partial charge in [0, 0.05) is 25.0 Å². The number of rotatable bonds is 6. The zero-order chi connectivity index (χ0) is 14.6. The summed E-state index contributed by atoms with van der Waals surface area (Å²) in [4.78, 5) is 10.2. The molecule has 0 unspecified atom stereocenters. The summed E-state index contributed by atoms with van der Waals surface area (Å²) in [6.45, 7) is 0. The summed E-state index contributed by atoms with van der Waals surface area (Å²) in [7, 11) is 1.15. The summed E-state index contributed by atoms with van der Waals surface area (Å²) in [6.07, 6.45) is -1.82. The molecule has 0 amide bonds. The van der Waals surface area contributed by atoms with Gasteiger partial charge in [0.25, 0.3) is 5.92 Å². The first-order valence-electron chi connectivity index (χ1n) is 5.41. The van der Waals surface area contributed by atoms with Gasteiger partial charge in [-0.3, -0.25) is 4.79 Å². The van der Waals surface area contributed by atoms with Crippen LogP contribution >= 0.6 is 0 Å². The molecule has 0 saturated heterocycles. The van der Waals surface area contributed by atoms with Crippen molar-refractivity contribution < 1.29 is 32.2 Å². The third kappa shape index (κ3) is 3.84. The van der Waals surface area contributed by atoms with Crippen LogP contribution in [0.25, 0.3) is 0 Å². The molecule has 0 spiro atoms. The van der Waals surface area contributed by atoms with Gasteiger partial charge in [-0.15, -0.1) is 0 Å². The Hall–Kier alpha value is -1.79. The second-order valence-electron chi connectivity index (χ2n) is 3.92. The number of carboxylic acid groups (broad SMARTS) is 1. The fraction of sp³-hybridized carbons (Fsp3) is 0.417. The molecular formula is C12H12F4O3. The lowest BCUT2D eigenvalue weighted by Gasteiger charge is -2.18. The van der Waals surface area contributed by atoms with Crippen LogP contribution in [0.15, 0.2) is 12.1 Å². The Bertz CT molecular complexity index is 451. The van der Waals surface area contributed by atoms with Crippen LogP contribution < -0.4 is 4.74 Å². The fourth-order valence-electron chi connectivity index (χ4n) is 1.60. The van der Waals surface area contributed by atoms with Gasteiger partial charge in [-0.05, 0) is 6.42 Å². The molecule has 0 atom stereocenters. The SMILES string of the molecule is COc1cc(F)c(C(F)(F)CCCC(=O)O)c(F)c1. The highest BCUT2D eigenvalue weighted by molar-refractivity contribution is 5.66. The van der Waals surface area contributed by atoms with Gasteiger partial charge in [-0.2, -0.15) is 0 Å². The second kappa shape index (κ2) is 5.90. The number of halogens is 4. The van der Waals surface area contributed by atoms with Crippen molar-refractivity contribution in [3.63, 3.8) is 0 Å². The molecule has 0 bridgehead atoms. The van der Waals surface area contributed by atoms with E-state index in [1.54, 1.807) is 0 Å². The first-order chi connectivity index (χ1) is 8.77. The van der Waals surface area contributed by atoms with E-state index in [1.807, 2.05) is 0 Å². The summed E-state index contributed by atoms with van der Waals surface area (Å²) in [5, 5.41) is 8.35. The topological polar surface area (TPSA) is 46.5 Å². The first kappa shape index (κ1) is 15.3. The molecule has 7 heteroatoms. The van der Waals surface area contributed by atoms with Crippen molar-refractivity contribution in [2.24, 2.45) is 0 Å². The highest BCUT2D eigenvalue weighted by Gasteiger charge is 2.37. The van der Waals surface area contributed by atoms with E-state index in [1.165, 1.54) is 0 Å². The summed E-state index contributed by atoms with van der Waals surface area (Å²) >= 11 is 0. The van der Waals surface area contributed by atoms with Crippen molar-refractivity contribution in [3.8, 4) is 5.75 Å². The smallest absolute Gasteiger partial charge is 0.303 e.